The van der Waals surface area contributed by atoms with E-state index in [0.29, 0.717) is 6.04 Å². The maximum Gasteiger partial charge on any atom is 0.0594 e. The van der Waals surface area contributed by atoms with E-state index < -0.39 is 0 Å². The Balaban J connectivity index is 0.000000963. The number of ether oxygens (including phenoxy) is 1. The zero-order chi connectivity index (χ0) is 10.1. The average Bonchev–Trinajstić information content (AvgIpc) is 2.78. The number of halogens is 1. The molecular formula is C12H18ClNOS. The number of aryl methyl sites for hydroxylation is 1. The van der Waals surface area contributed by atoms with Gasteiger partial charge in [0.15, 0.2) is 0 Å². The van der Waals surface area contributed by atoms with Gasteiger partial charge in [0, 0.05) is 24.0 Å². The van der Waals surface area contributed by atoms with Crippen LogP contribution in [0.25, 0.3) is 0 Å². The number of fused-ring (bicyclic) bond motifs is 1. The van der Waals surface area contributed by atoms with Crippen molar-refractivity contribution in [3.63, 3.8) is 0 Å². The van der Waals surface area contributed by atoms with Gasteiger partial charge >= 0.3 is 0 Å². The highest BCUT2D eigenvalue weighted by atomic mass is 35.5. The van der Waals surface area contributed by atoms with Crippen LogP contribution in [0.2, 0.25) is 0 Å². The molecule has 0 amide bonds. The Kier molecular flexibility index (Phi) is 4.25. The van der Waals surface area contributed by atoms with Gasteiger partial charge in [0.25, 0.3) is 0 Å². The quantitative estimate of drug-likeness (QED) is 0.769. The minimum Gasteiger partial charge on any atom is -0.379 e. The van der Waals surface area contributed by atoms with Gasteiger partial charge in [-0.15, -0.1) is 23.7 Å². The molecular weight excluding hydrogens is 242 g/mol. The van der Waals surface area contributed by atoms with Crippen molar-refractivity contribution in [2.75, 3.05) is 26.3 Å². The van der Waals surface area contributed by atoms with E-state index in [4.69, 9.17) is 4.74 Å². The number of hydrogen-bond donors (Lipinski definition) is 0. The molecule has 1 aromatic heterocycles. The smallest absolute Gasteiger partial charge is 0.0594 e. The molecule has 2 heterocycles. The third-order valence-corrected chi connectivity index (χ3v) is 4.55. The SMILES string of the molecule is Cl.c1cc2c(s1)C(N1CCOCC1)CCC2. The van der Waals surface area contributed by atoms with Gasteiger partial charge in [-0.2, -0.15) is 0 Å². The van der Waals surface area contributed by atoms with Crippen LogP contribution in [-0.4, -0.2) is 31.2 Å². The summed E-state index contributed by atoms with van der Waals surface area (Å²) in [6, 6.07) is 3.00. The molecule has 0 N–H and O–H groups in total. The van der Waals surface area contributed by atoms with Crippen molar-refractivity contribution in [2.45, 2.75) is 25.3 Å². The topological polar surface area (TPSA) is 12.5 Å². The Labute approximate surface area is 107 Å². The molecule has 0 bridgehead atoms. The van der Waals surface area contributed by atoms with Gasteiger partial charge in [-0.3, -0.25) is 4.90 Å². The normalized spacial score (nSPS) is 25.9. The van der Waals surface area contributed by atoms with Crippen molar-refractivity contribution < 1.29 is 4.74 Å². The van der Waals surface area contributed by atoms with E-state index >= 15 is 0 Å². The summed E-state index contributed by atoms with van der Waals surface area (Å²) in [5.74, 6) is 0. The van der Waals surface area contributed by atoms with Gasteiger partial charge in [0.2, 0.25) is 0 Å². The minimum atomic E-state index is 0. The van der Waals surface area contributed by atoms with Crippen molar-refractivity contribution in [3.8, 4) is 0 Å². The molecule has 4 heteroatoms. The molecule has 0 aromatic carbocycles. The molecule has 1 saturated heterocycles. The van der Waals surface area contributed by atoms with Gasteiger partial charge < -0.3 is 4.74 Å². The number of rotatable bonds is 1. The second-order valence-electron chi connectivity index (χ2n) is 4.37. The van der Waals surface area contributed by atoms with Gasteiger partial charge in [-0.1, -0.05) is 0 Å². The number of thiophene rings is 1. The lowest BCUT2D eigenvalue weighted by Crippen LogP contribution is -2.39. The van der Waals surface area contributed by atoms with Crippen LogP contribution in [0.1, 0.15) is 29.3 Å². The summed E-state index contributed by atoms with van der Waals surface area (Å²) in [4.78, 5) is 4.24. The molecule has 1 aliphatic heterocycles. The van der Waals surface area contributed by atoms with Crippen LogP contribution >= 0.6 is 23.7 Å². The number of nitrogens with zero attached hydrogens (tertiary/aromatic N) is 1. The molecule has 2 nitrogen and oxygen atoms in total. The Morgan fingerprint density at radius 2 is 2.12 bits per heavy atom. The van der Waals surface area contributed by atoms with Crippen LogP contribution in [0.5, 0.6) is 0 Å². The first-order chi connectivity index (χ1) is 7.45. The lowest BCUT2D eigenvalue weighted by atomic mass is 9.94. The van der Waals surface area contributed by atoms with Crippen LogP contribution in [0, 0.1) is 0 Å². The Morgan fingerprint density at radius 3 is 2.94 bits per heavy atom. The fourth-order valence-corrected chi connectivity index (χ4v) is 3.83. The lowest BCUT2D eigenvalue weighted by molar-refractivity contribution is 0.0133. The summed E-state index contributed by atoms with van der Waals surface area (Å²) < 4.78 is 5.42. The second-order valence-corrected chi connectivity index (χ2v) is 5.31. The van der Waals surface area contributed by atoms with E-state index in [2.05, 4.69) is 16.3 Å². The van der Waals surface area contributed by atoms with Crippen molar-refractivity contribution in [1.82, 2.24) is 4.90 Å². The molecule has 1 unspecified atom stereocenters. The Bertz CT molecular complexity index is 336. The van der Waals surface area contributed by atoms with Crippen LogP contribution in [0.4, 0.5) is 0 Å². The van der Waals surface area contributed by atoms with Crippen LogP contribution in [0.15, 0.2) is 11.4 Å². The first-order valence-electron chi connectivity index (χ1n) is 5.83. The highest BCUT2D eigenvalue weighted by Crippen LogP contribution is 2.37. The molecule has 3 rings (SSSR count). The second kappa shape index (κ2) is 5.50. The zero-order valence-electron chi connectivity index (χ0n) is 9.35. The first kappa shape index (κ1) is 12.4. The summed E-state index contributed by atoms with van der Waals surface area (Å²) in [6.07, 6.45) is 3.99. The molecule has 16 heavy (non-hydrogen) atoms. The van der Waals surface area contributed by atoms with Gasteiger partial charge in [0.05, 0.1) is 13.2 Å². The van der Waals surface area contributed by atoms with Crippen LogP contribution in [-0.2, 0) is 11.2 Å². The Hall–Kier alpha value is -0.0900. The standard InChI is InChI=1S/C12H17NOS.ClH/c1-2-10-4-9-15-12(10)11(3-1)13-5-7-14-8-6-13;/h4,9,11H,1-3,5-8H2;1H. The minimum absolute atomic E-state index is 0. The Morgan fingerprint density at radius 1 is 1.31 bits per heavy atom. The molecule has 1 atom stereocenters. The third kappa shape index (κ3) is 2.28. The molecule has 1 aliphatic carbocycles. The van der Waals surface area contributed by atoms with E-state index in [9.17, 15) is 0 Å². The fraction of sp³-hybridized carbons (Fsp3) is 0.667. The van der Waals surface area contributed by atoms with Crippen molar-refractivity contribution in [2.24, 2.45) is 0 Å². The van der Waals surface area contributed by atoms with Crippen LogP contribution in [0.3, 0.4) is 0 Å². The maximum atomic E-state index is 5.42. The predicted octanol–water partition coefficient (Wildman–Crippen LogP) is 2.88. The van der Waals surface area contributed by atoms with Gasteiger partial charge in [0.1, 0.15) is 0 Å². The molecule has 90 valence electrons. The summed E-state index contributed by atoms with van der Waals surface area (Å²) in [6.45, 7) is 4.05. The van der Waals surface area contributed by atoms with Crippen molar-refractivity contribution >= 4 is 23.7 Å². The van der Waals surface area contributed by atoms with E-state index in [1.165, 1.54) is 19.3 Å². The van der Waals surface area contributed by atoms with E-state index in [0.717, 1.165) is 26.3 Å². The fourth-order valence-electron chi connectivity index (χ4n) is 2.70. The number of morpholine rings is 1. The molecule has 0 saturated carbocycles. The lowest BCUT2D eigenvalue weighted by Gasteiger charge is -2.36. The molecule has 1 aromatic rings. The molecule has 1 fully saturated rings. The molecule has 0 spiro atoms. The third-order valence-electron chi connectivity index (χ3n) is 3.49. The average molecular weight is 260 g/mol. The van der Waals surface area contributed by atoms with E-state index in [1.807, 2.05) is 11.3 Å². The largest absolute Gasteiger partial charge is 0.379 e. The van der Waals surface area contributed by atoms with E-state index in [1.54, 1.807) is 10.4 Å². The maximum absolute atomic E-state index is 5.42. The summed E-state index contributed by atoms with van der Waals surface area (Å²) in [5.41, 5.74) is 1.60. The van der Waals surface area contributed by atoms with Gasteiger partial charge in [-0.25, -0.2) is 0 Å². The van der Waals surface area contributed by atoms with E-state index in [-0.39, 0.29) is 12.4 Å². The molecule has 2 aliphatic rings. The highest BCUT2D eigenvalue weighted by Gasteiger charge is 2.27. The summed E-state index contributed by atoms with van der Waals surface area (Å²) in [7, 11) is 0. The molecule has 0 radical (unpaired) electrons. The van der Waals surface area contributed by atoms with Gasteiger partial charge in [-0.05, 0) is 36.3 Å². The monoisotopic (exact) mass is 259 g/mol. The van der Waals surface area contributed by atoms with Crippen LogP contribution < -0.4 is 0 Å². The first-order valence-corrected chi connectivity index (χ1v) is 6.71. The summed E-state index contributed by atoms with van der Waals surface area (Å²) >= 11 is 1.94. The summed E-state index contributed by atoms with van der Waals surface area (Å²) in [5, 5.41) is 2.25. The highest BCUT2D eigenvalue weighted by molar-refractivity contribution is 7.10. The van der Waals surface area contributed by atoms with Crippen molar-refractivity contribution in [3.05, 3.63) is 21.9 Å². The van der Waals surface area contributed by atoms with Crippen molar-refractivity contribution in [1.29, 1.82) is 0 Å². The predicted molar refractivity (Wildman–Crippen MR) is 69.6 cm³/mol. The zero-order valence-corrected chi connectivity index (χ0v) is 11.0. The number of hydrogen-bond acceptors (Lipinski definition) is 3.